The van der Waals surface area contributed by atoms with E-state index in [-0.39, 0.29) is 22.9 Å². The van der Waals surface area contributed by atoms with E-state index in [1.54, 1.807) is 28.8 Å². The topological polar surface area (TPSA) is 100 Å². The maximum absolute atomic E-state index is 12.7. The Labute approximate surface area is 185 Å². The monoisotopic (exact) mass is 429 g/mol. The molecule has 2 heterocycles. The summed E-state index contributed by atoms with van der Waals surface area (Å²) in [7, 11) is 0. The Hall–Kier alpha value is -4.20. The number of cyclic esters (lactones) is 1. The van der Waals surface area contributed by atoms with Gasteiger partial charge < -0.3 is 15.5 Å². The molecule has 8 nitrogen and oxygen atoms in total. The van der Waals surface area contributed by atoms with E-state index >= 15 is 0 Å². The Morgan fingerprint density at radius 3 is 2.59 bits per heavy atom. The van der Waals surface area contributed by atoms with Crippen LogP contribution in [-0.2, 0) is 4.74 Å². The van der Waals surface area contributed by atoms with Crippen molar-refractivity contribution in [3.05, 3.63) is 88.4 Å². The molecule has 32 heavy (non-hydrogen) atoms. The van der Waals surface area contributed by atoms with Crippen LogP contribution in [-0.4, -0.2) is 34.7 Å². The normalized spacial score (nSPS) is 13.8. The van der Waals surface area contributed by atoms with Crippen molar-refractivity contribution in [2.24, 2.45) is 0 Å². The first-order chi connectivity index (χ1) is 15.4. The fourth-order valence-electron chi connectivity index (χ4n) is 3.48. The zero-order chi connectivity index (χ0) is 22.7. The Balaban J connectivity index is 1.72. The molecule has 2 N–H and O–H groups in total. The minimum Gasteiger partial charge on any atom is -0.447 e. The minimum absolute atomic E-state index is 0.203. The molecule has 162 valence electrons. The molecule has 2 aromatic carbocycles. The highest BCUT2D eigenvalue weighted by atomic mass is 16.6. The Bertz CT molecular complexity index is 1260. The van der Waals surface area contributed by atoms with E-state index in [0.717, 1.165) is 22.6 Å². The van der Waals surface area contributed by atoms with Gasteiger partial charge in [-0.25, -0.2) is 9.48 Å². The van der Waals surface area contributed by atoms with Gasteiger partial charge in [0.05, 0.1) is 17.9 Å². The molecule has 0 atom stereocenters. The molecule has 0 saturated carbocycles. The summed E-state index contributed by atoms with van der Waals surface area (Å²) in [5.74, 6) is 0. The van der Waals surface area contributed by atoms with Gasteiger partial charge in [-0.2, -0.15) is 5.10 Å². The zero-order valence-corrected chi connectivity index (χ0v) is 17.8. The lowest BCUT2D eigenvalue weighted by Crippen LogP contribution is -2.23. The smallest absolute Gasteiger partial charge is 0.414 e. The van der Waals surface area contributed by atoms with Crippen LogP contribution in [0.4, 0.5) is 16.2 Å². The molecular formula is C24H23N5O3. The number of carbonyl (C=O) groups is 1. The molecule has 0 unspecified atom stereocenters. The third kappa shape index (κ3) is 4.44. The Kier molecular flexibility index (Phi) is 5.85. The third-order valence-electron chi connectivity index (χ3n) is 4.98. The highest BCUT2D eigenvalue weighted by molar-refractivity contribution is 5.98. The SMILES string of the molecule is CC(=N)/C=C(\Nc1ccccc1)c1nn(-c2ccc(N3CCOC3=O)cc2C)ccc1=O. The van der Waals surface area contributed by atoms with Crippen LogP contribution in [0.25, 0.3) is 11.4 Å². The number of anilines is 2. The lowest BCUT2D eigenvalue weighted by atomic mass is 10.1. The van der Waals surface area contributed by atoms with Crippen molar-refractivity contribution in [2.45, 2.75) is 13.8 Å². The summed E-state index contributed by atoms with van der Waals surface area (Å²) in [5.41, 5.74) is 3.87. The summed E-state index contributed by atoms with van der Waals surface area (Å²) in [5, 5.41) is 15.7. The van der Waals surface area contributed by atoms with Crippen LogP contribution in [0.15, 0.2) is 71.7 Å². The molecular weight excluding hydrogens is 406 g/mol. The van der Waals surface area contributed by atoms with E-state index in [2.05, 4.69) is 10.4 Å². The molecule has 1 amide bonds. The van der Waals surface area contributed by atoms with E-state index in [9.17, 15) is 9.59 Å². The molecule has 8 heteroatoms. The van der Waals surface area contributed by atoms with Crippen LogP contribution in [0.1, 0.15) is 18.2 Å². The fraction of sp³-hybridized carbons (Fsp3) is 0.167. The van der Waals surface area contributed by atoms with Gasteiger partial charge in [0.25, 0.3) is 0 Å². The first-order valence-electron chi connectivity index (χ1n) is 10.2. The molecule has 0 bridgehead atoms. The lowest BCUT2D eigenvalue weighted by Gasteiger charge is -2.17. The molecule has 4 rings (SSSR count). The maximum atomic E-state index is 12.7. The summed E-state index contributed by atoms with van der Waals surface area (Å²) in [6.07, 6.45) is 2.83. The summed E-state index contributed by atoms with van der Waals surface area (Å²) in [6.45, 7) is 4.45. The first-order valence-corrected chi connectivity index (χ1v) is 10.2. The molecule has 1 aliphatic rings. The molecule has 0 spiro atoms. The molecule has 1 saturated heterocycles. The van der Waals surface area contributed by atoms with Crippen molar-refractivity contribution in [3.8, 4) is 5.69 Å². The number of ether oxygens (including phenoxy) is 1. The number of hydrogen-bond acceptors (Lipinski definition) is 6. The number of amides is 1. The van der Waals surface area contributed by atoms with Gasteiger partial charge in [0, 0.05) is 29.3 Å². The Morgan fingerprint density at radius 1 is 1.16 bits per heavy atom. The quantitative estimate of drug-likeness (QED) is 0.577. The number of nitrogens with one attached hydrogen (secondary N) is 2. The predicted molar refractivity (Wildman–Crippen MR) is 125 cm³/mol. The Morgan fingerprint density at radius 2 is 1.94 bits per heavy atom. The molecule has 0 aliphatic carbocycles. The van der Waals surface area contributed by atoms with E-state index in [4.69, 9.17) is 10.1 Å². The molecule has 3 aromatic rings. The van der Waals surface area contributed by atoms with Gasteiger partial charge in [-0.3, -0.25) is 9.69 Å². The fourth-order valence-corrected chi connectivity index (χ4v) is 3.48. The maximum Gasteiger partial charge on any atom is 0.414 e. The average molecular weight is 429 g/mol. The van der Waals surface area contributed by atoms with Crippen LogP contribution in [0.5, 0.6) is 0 Å². The van der Waals surface area contributed by atoms with Crippen LogP contribution < -0.4 is 15.6 Å². The minimum atomic E-state index is -0.357. The number of hydrogen-bond donors (Lipinski definition) is 2. The van der Waals surface area contributed by atoms with Gasteiger partial charge in [-0.1, -0.05) is 18.2 Å². The van der Waals surface area contributed by atoms with Crippen molar-refractivity contribution >= 4 is 28.9 Å². The van der Waals surface area contributed by atoms with Crippen molar-refractivity contribution in [3.63, 3.8) is 0 Å². The molecule has 1 fully saturated rings. The van der Waals surface area contributed by atoms with Crippen LogP contribution in [0.2, 0.25) is 0 Å². The first kappa shape index (κ1) is 21.0. The van der Waals surface area contributed by atoms with E-state index in [0.29, 0.717) is 18.8 Å². The molecule has 1 aliphatic heterocycles. The molecule has 0 radical (unpaired) electrons. The summed E-state index contributed by atoms with van der Waals surface area (Å²) in [4.78, 5) is 26.1. The largest absolute Gasteiger partial charge is 0.447 e. The van der Waals surface area contributed by atoms with Gasteiger partial charge in [0.2, 0.25) is 5.43 Å². The second kappa shape index (κ2) is 8.89. The highest BCUT2D eigenvalue weighted by Gasteiger charge is 2.24. The number of benzene rings is 2. The second-order valence-electron chi connectivity index (χ2n) is 7.44. The van der Waals surface area contributed by atoms with Crippen molar-refractivity contribution < 1.29 is 9.53 Å². The zero-order valence-electron chi connectivity index (χ0n) is 17.8. The summed E-state index contributed by atoms with van der Waals surface area (Å²) >= 11 is 0. The average Bonchev–Trinajstić information content (AvgIpc) is 3.20. The van der Waals surface area contributed by atoms with Crippen LogP contribution >= 0.6 is 0 Å². The number of nitrogens with zero attached hydrogens (tertiary/aromatic N) is 3. The standard InChI is InChI=1S/C24H23N5O3/c1-16-14-19(28-12-13-32-24(28)31)8-9-21(16)29-11-10-22(30)23(27-29)20(15-17(2)25)26-18-6-4-3-5-7-18/h3-11,14-15,25-26H,12-13H2,1-2H3/b20-15-,25-17?. The third-order valence-corrected chi connectivity index (χ3v) is 4.98. The van der Waals surface area contributed by atoms with E-state index < -0.39 is 0 Å². The summed E-state index contributed by atoms with van der Waals surface area (Å²) in [6, 6.07) is 16.4. The summed E-state index contributed by atoms with van der Waals surface area (Å²) < 4.78 is 6.64. The van der Waals surface area contributed by atoms with Crippen molar-refractivity contribution in [1.29, 1.82) is 5.41 Å². The van der Waals surface area contributed by atoms with E-state index in [1.807, 2.05) is 55.5 Å². The van der Waals surface area contributed by atoms with Crippen LogP contribution in [0.3, 0.4) is 0 Å². The second-order valence-corrected chi connectivity index (χ2v) is 7.44. The van der Waals surface area contributed by atoms with Gasteiger partial charge in [-0.05, 0) is 55.8 Å². The molecule has 1 aromatic heterocycles. The van der Waals surface area contributed by atoms with Gasteiger partial charge in [0.1, 0.15) is 6.61 Å². The van der Waals surface area contributed by atoms with Crippen molar-refractivity contribution in [1.82, 2.24) is 9.78 Å². The van der Waals surface area contributed by atoms with E-state index in [1.165, 1.54) is 6.07 Å². The number of rotatable bonds is 6. The highest BCUT2D eigenvalue weighted by Crippen LogP contribution is 2.24. The predicted octanol–water partition coefficient (Wildman–Crippen LogP) is 3.99. The van der Waals surface area contributed by atoms with Gasteiger partial charge in [-0.15, -0.1) is 0 Å². The number of allylic oxidation sites excluding steroid dienone is 1. The number of aryl methyl sites for hydroxylation is 1. The van der Waals surface area contributed by atoms with Crippen LogP contribution in [0, 0.1) is 12.3 Å². The van der Waals surface area contributed by atoms with Gasteiger partial charge in [0.15, 0.2) is 5.69 Å². The number of para-hydroxylation sites is 1. The van der Waals surface area contributed by atoms with Crippen molar-refractivity contribution in [2.75, 3.05) is 23.4 Å². The lowest BCUT2D eigenvalue weighted by molar-refractivity contribution is 0.181. The number of carbonyl (C=O) groups excluding carboxylic acids is 1. The number of aromatic nitrogens is 2. The van der Waals surface area contributed by atoms with Gasteiger partial charge >= 0.3 is 6.09 Å².